The molecular formula is C15H23N3O2S. The van der Waals surface area contributed by atoms with Gasteiger partial charge >= 0.3 is 0 Å². The zero-order chi connectivity index (χ0) is 15.7. The lowest BCUT2D eigenvalue weighted by Crippen LogP contribution is -2.23. The predicted octanol–water partition coefficient (Wildman–Crippen LogP) is 2.50. The summed E-state index contributed by atoms with van der Waals surface area (Å²) in [6.07, 6.45) is 2.21. The number of carbonyl (C=O) groups excluding carboxylic acids is 2. The standard InChI is InChI=1S/C15H23N3O2S/c1-4-9-5-6-18(7-9)15-10(14(17)20)11(16)13(21-15)12(19)8(2)3/h8-9H,4-7,16H2,1-3H3,(H2,17,20). The van der Waals surface area contributed by atoms with Crippen LogP contribution in [0.3, 0.4) is 0 Å². The normalized spacial score (nSPS) is 18.5. The quantitative estimate of drug-likeness (QED) is 0.818. The Kier molecular flexibility index (Phi) is 4.56. The zero-order valence-electron chi connectivity index (χ0n) is 12.8. The van der Waals surface area contributed by atoms with Gasteiger partial charge in [0, 0.05) is 19.0 Å². The molecule has 4 N–H and O–H groups in total. The van der Waals surface area contributed by atoms with E-state index in [1.54, 1.807) is 0 Å². The Morgan fingerprint density at radius 2 is 2.10 bits per heavy atom. The maximum atomic E-state index is 12.2. The molecule has 2 rings (SSSR count). The van der Waals surface area contributed by atoms with Crippen molar-refractivity contribution in [3.05, 3.63) is 10.4 Å². The highest BCUT2D eigenvalue weighted by Gasteiger charge is 2.31. The molecule has 6 heteroatoms. The van der Waals surface area contributed by atoms with E-state index in [1.807, 2.05) is 13.8 Å². The molecule has 1 amide bonds. The second-order valence-electron chi connectivity index (χ2n) is 5.92. The van der Waals surface area contributed by atoms with Gasteiger partial charge in [-0.2, -0.15) is 0 Å². The topological polar surface area (TPSA) is 89.4 Å². The maximum Gasteiger partial charge on any atom is 0.253 e. The number of anilines is 2. The van der Waals surface area contributed by atoms with Crippen molar-refractivity contribution >= 4 is 33.7 Å². The summed E-state index contributed by atoms with van der Waals surface area (Å²) in [6.45, 7) is 7.60. The molecule has 21 heavy (non-hydrogen) atoms. The van der Waals surface area contributed by atoms with E-state index in [0.29, 0.717) is 16.4 Å². The number of amides is 1. The summed E-state index contributed by atoms with van der Waals surface area (Å²) < 4.78 is 0. The molecule has 5 nitrogen and oxygen atoms in total. The third-order valence-electron chi connectivity index (χ3n) is 4.07. The van der Waals surface area contributed by atoms with Gasteiger partial charge in [0.2, 0.25) is 0 Å². The molecule has 1 aromatic rings. The first kappa shape index (κ1) is 15.8. The van der Waals surface area contributed by atoms with Gasteiger partial charge in [-0.25, -0.2) is 0 Å². The Morgan fingerprint density at radius 3 is 2.57 bits per heavy atom. The Labute approximate surface area is 129 Å². The molecule has 0 aromatic carbocycles. The summed E-state index contributed by atoms with van der Waals surface area (Å²) in [5.41, 5.74) is 12.1. The molecule has 1 fully saturated rings. The van der Waals surface area contributed by atoms with Crippen LogP contribution in [0.25, 0.3) is 0 Å². The van der Waals surface area contributed by atoms with Crippen LogP contribution in [-0.4, -0.2) is 24.8 Å². The average Bonchev–Trinajstić information content (AvgIpc) is 3.01. The maximum absolute atomic E-state index is 12.2. The summed E-state index contributed by atoms with van der Waals surface area (Å²) in [7, 11) is 0. The molecule has 1 aromatic heterocycles. The highest BCUT2D eigenvalue weighted by Crippen LogP contribution is 2.41. The van der Waals surface area contributed by atoms with Crippen molar-refractivity contribution in [1.82, 2.24) is 0 Å². The van der Waals surface area contributed by atoms with Crippen LogP contribution >= 0.6 is 11.3 Å². The Balaban J connectivity index is 2.43. The highest BCUT2D eigenvalue weighted by molar-refractivity contribution is 7.19. The summed E-state index contributed by atoms with van der Waals surface area (Å²) >= 11 is 1.31. The zero-order valence-corrected chi connectivity index (χ0v) is 13.6. The minimum atomic E-state index is -0.554. The van der Waals surface area contributed by atoms with E-state index in [1.165, 1.54) is 11.3 Å². The van der Waals surface area contributed by atoms with Crippen molar-refractivity contribution in [3.8, 4) is 0 Å². The predicted molar refractivity (Wildman–Crippen MR) is 87.0 cm³/mol. The molecule has 0 bridgehead atoms. The molecule has 2 heterocycles. The lowest BCUT2D eigenvalue weighted by molar-refractivity contribution is 0.0944. The van der Waals surface area contributed by atoms with Crippen LogP contribution in [0, 0.1) is 11.8 Å². The van der Waals surface area contributed by atoms with E-state index in [0.717, 1.165) is 30.9 Å². The number of hydrogen-bond acceptors (Lipinski definition) is 5. The summed E-state index contributed by atoms with van der Waals surface area (Å²) in [5.74, 6) is -0.112. The highest BCUT2D eigenvalue weighted by atomic mass is 32.1. The minimum Gasteiger partial charge on any atom is -0.397 e. The second kappa shape index (κ2) is 6.05. The molecule has 1 saturated heterocycles. The minimum absolute atomic E-state index is 0.0301. The van der Waals surface area contributed by atoms with Crippen LogP contribution in [0.4, 0.5) is 10.7 Å². The molecule has 1 atom stereocenters. The van der Waals surface area contributed by atoms with Gasteiger partial charge in [0.05, 0.1) is 16.1 Å². The molecular weight excluding hydrogens is 286 g/mol. The fourth-order valence-corrected chi connectivity index (χ4v) is 4.04. The van der Waals surface area contributed by atoms with E-state index < -0.39 is 5.91 Å². The number of primary amides is 1. The van der Waals surface area contributed by atoms with Crippen LogP contribution in [0.1, 0.15) is 53.6 Å². The lowest BCUT2D eigenvalue weighted by atomic mass is 10.1. The smallest absolute Gasteiger partial charge is 0.253 e. The van der Waals surface area contributed by atoms with E-state index in [-0.39, 0.29) is 17.4 Å². The van der Waals surface area contributed by atoms with Crippen molar-refractivity contribution in [2.24, 2.45) is 17.6 Å². The number of carbonyl (C=O) groups is 2. The van der Waals surface area contributed by atoms with E-state index >= 15 is 0 Å². The third-order valence-corrected chi connectivity index (χ3v) is 5.35. The lowest BCUT2D eigenvalue weighted by Gasteiger charge is -2.17. The number of hydrogen-bond donors (Lipinski definition) is 2. The Morgan fingerprint density at radius 1 is 1.43 bits per heavy atom. The Hall–Kier alpha value is -1.56. The molecule has 0 aliphatic carbocycles. The van der Waals surface area contributed by atoms with Gasteiger partial charge in [0.25, 0.3) is 5.91 Å². The average molecular weight is 309 g/mol. The Bertz CT molecular complexity index is 566. The van der Waals surface area contributed by atoms with Gasteiger partial charge in [0.15, 0.2) is 5.78 Å². The first-order valence-corrected chi connectivity index (χ1v) is 8.19. The fourth-order valence-electron chi connectivity index (χ4n) is 2.69. The van der Waals surface area contributed by atoms with Gasteiger partial charge in [-0.3, -0.25) is 9.59 Å². The van der Waals surface area contributed by atoms with Crippen LogP contribution in [-0.2, 0) is 0 Å². The molecule has 0 saturated carbocycles. The number of rotatable bonds is 5. The third kappa shape index (κ3) is 2.90. The van der Waals surface area contributed by atoms with E-state index in [4.69, 9.17) is 11.5 Å². The molecule has 1 unspecified atom stereocenters. The first-order chi connectivity index (χ1) is 9.86. The summed E-state index contributed by atoms with van der Waals surface area (Å²) in [6, 6.07) is 0. The van der Waals surface area contributed by atoms with Gasteiger partial charge in [-0.15, -0.1) is 11.3 Å². The molecule has 0 radical (unpaired) electrons. The van der Waals surface area contributed by atoms with Crippen LogP contribution in [0.2, 0.25) is 0 Å². The van der Waals surface area contributed by atoms with Gasteiger partial charge in [-0.1, -0.05) is 27.2 Å². The number of nitrogens with zero attached hydrogens (tertiary/aromatic N) is 1. The number of nitrogens with two attached hydrogens (primary N) is 2. The largest absolute Gasteiger partial charge is 0.397 e. The van der Waals surface area contributed by atoms with Gasteiger partial charge in [0.1, 0.15) is 5.00 Å². The second-order valence-corrected chi connectivity index (χ2v) is 6.92. The molecule has 1 aliphatic rings. The fraction of sp³-hybridized carbons (Fsp3) is 0.600. The van der Waals surface area contributed by atoms with E-state index in [9.17, 15) is 9.59 Å². The SMILES string of the molecule is CCC1CCN(c2sc(C(=O)C(C)C)c(N)c2C(N)=O)C1. The summed E-state index contributed by atoms with van der Waals surface area (Å²) in [4.78, 5) is 26.6. The monoisotopic (exact) mass is 309 g/mol. The number of Topliss-reactive ketones (excluding diaryl/α,β-unsaturated/α-hetero) is 1. The molecule has 0 spiro atoms. The van der Waals surface area contributed by atoms with Crippen molar-refractivity contribution in [2.75, 3.05) is 23.7 Å². The number of nitrogen functional groups attached to an aromatic ring is 1. The van der Waals surface area contributed by atoms with Crippen molar-refractivity contribution in [3.63, 3.8) is 0 Å². The van der Waals surface area contributed by atoms with Gasteiger partial charge < -0.3 is 16.4 Å². The summed E-state index contributed by atoms with van der Waals surface area (Å²) in [5, 5.41) is 0.764. The van der Waals surface area contributed by atoms with Crippen LogP contribution in [0.15, 0.2) is 0 Å². The van der Waals surface area contributed by atoms with Crippen molar-refractivity contribution in [1.29, 1.82) is 0 Å². The number of ketones is 1. The first-order valence-electron chi connectivity index (χ1n) is 7.38. The van der Waals surface area contributed by atoms with Crippen molar-refractivity contribution < 1.29 is 9.59 Å². The number of thiophene rings is 1. The molecule has 116 valence electrons. The van der Waals surface area contributed by atoms with E-state index in [2.05, 4.69) is 11.8 Å². The van der Waals surface area contributed by atoms with Crippen molar-refractivity contribution in [2.45, 2.75) is 33.6 Å². The van der Waals surface area contributed by atoms with Crippen LogP contribution < -0.4 is 16.4 Å². The van der Waals surface area contributed by atoms with Crippen LogP contribution in [0.5, 0.6) is 0 Å². The molecule has 1 aliphatic heterocycles. The van der Waals surface area contributed by atoms with Gasteiger partial charge in [-0.05, 0) is 12.3 Å².